The van der Waals surface area contributed by atoms with Crippen molar-refractivity contribution in [2.75, 3.05) is 5.32 Å². The maximum absolute atomic E-state index is 13.6. The van der Waals surface area contributed by atoms with Crippen molar-refractivity contribution in [1.29, 1.82) is 0 Å². The van der Waals surface area contributed by atoms with Gasteiger partial charge in [0.05, 0.1) is 10.5 Å². The third kappa shape index (κ3) is 3.96. The summed E-state index contributed by atoms with van der Waals surface area (Å²) in [6.07, 6.45) is 3.43. The molecule has 2 heterocycles. The van der Waals surface area contributed by atoms with E-state index in [0.717, 1.165) is 27.6 Å². The molecule has 1 N–H and O–H groups in total. The lowest BCUT2D eigenvalue weighted by molar-refractivity contribution is 0.628. The summed E-state index contributed by atoms with van der Waals surface area (Å²) in [6.45, 7) is 0. The van der Waals surface area contributed by atoms with E-state index >= 15 is 0 Å². The van der Waals surface area contributed by atoms with Gasteiger partial charge in [0.25, 0.3) is 0 Å². The molecule has 5 aromatic rings. The molecule has 0 aliphatic carbocycles. The minimum atomic E-state index is -0.469. The summed E-state index contributed by atoms with van der Waals surface area (Å²) in [6, 6.07) is 24.4. The Morgan fingerprint density at radius 2 is 1.61 bits per heavy atom. The second kappa shape index (κ2) is 8.13. The van der Waals surface area contributed by atoms with Crippen LogP contribution in [0.1, 0.15) is 0 Å². The summed E-state index contributed by atoms with van der Waals surface area (Å²) in [7, 11) is 0. The highest BCUT2D eigenvalue weighted by Crippen LogP contribution is 2.31. The number of benzene rings is 3. The zero-order valence-electron chi connectivity index (χ0n) is 16.3. The Hall–Kier alpha value is -3.83. The van der Waals surface area contributed by atoms with E-state index in [9.17, 15) is 4.39 Å². The van der Waals surface area contributed by atoms with Gasteiger partial charge in [-0.25, -0.2) is 14.4 Å². The molecule has 0 saturated carbocycles. The topological polar surface area (TPSA) is 50.7 Å². The van der Waals surface area contributed by atoms with Crippen molar-refractivity contribution in [2.24, 2.45) is 0 Å². The Morgan fingerprint density at radius 1 is 0.774 bits per heavy atom. The number of anilines is 2. The molecule has 150 valence electrons. The Kier molecular flexibility index (Phi) is 5.02. The van der Waals surface area contributed by atoms with Crippen LogP contribution in [-0.4, -0.2) is 15.0 Å². The minimum Gasteiger partial charge on any atom is -0.340 e. The van der Waals surface area contributed by atoms with Crippen LogP contribution in [0, 0.1) is 5.82 Å². The fraction of sp³-hybridized carbons (Fsp3) is 0. The van der Waals surface area contributed by atoms with Crippen molar-refractivity contribution in [3.05, 3.63) is 102 Å². The number of pyridine rings is 1. The summed E-state index contributed by atoms with van der Waals surface area (Å²) in [4.78, 5) is 13.7. The number of hydrogen-bond acceptors (Lipinski definition) is 4. The fourth-order valence-corrected chi connectivity index (χ4v) is 3.55. The molecule has 0 unspecified atom stereocenters. The Bertz CT molecular complexity index is 1370. The van der Waals surface area contributed by atoms with Crippen molar-refractivity contribution in [3.63, 3.8) is 0 Å². The largest absolute Gasteiger partial charge is 0.340 e. The van der Waals surface area contributed by atoms with Crippen molar-refractivity contribution in [3.8, 4) is 22.5 Å². The van der Waals surface area contributed by atoms with Crippen molar-refractivity contribution in [2.45, 2.75) is 0 Å². The molecule has 4 nitrogen and oxygen atoms in total. The third-order valence-electron chi connectivity index (χ3n) is 4.91. The molecule has 0 bridgehead atoms. The lowest BCUT2D eigenvalue weighted by Crippen LogP contribution is -2.00. The third-order valence-corrected chi connectivity index (χ3v) is 5.20. The van der Waals surface area contributed by atoms with Gasteiger partial charge >= 0.3 is 0 Å². The predicted octanol–water partition coefficient (Wildman–Crippen LogP) is 6.89. The molecule has 0 spiro atoms. The van der Waals surface area contributed by atoms with E-state index in [-0.39, 0.29) is 5.02 Å². The molecule has 0 fully saturated rings. The average Bonchev–Trinajstić information content (AvgIpc) is 2.82. The van der Waals surface area contributed by atoms with E-state index < -0.39 is 5.82 Å². The number of aromatic nitrogens is 3. The smallest absolute Gasteiger partial charge is 0.163 e. The quantitative estimate of drug-likeness (QED) is 0.339. The van der Waals surface area contributed by atoms with E-state index in [0.29, 0.717) is 17.3 Å². The standard InChI is InChI=1S/C25H16ClFN4/c26-21-14-19(9-11-22(21)27)29-25-20-10-8-17(16-5-2-1-3-6-16)13-23(20)30-24(31-25)18-7-4-12-28-15-18/h1-15H,(H,29,30,31). The van der Waals surface area contributed by atoms with Crippen LogP contribution in [0.2, 0.25) is 5.02 Å². The zero-order valence-corrected chi connectivity index (χ0v) is 17.0. The predicted molar refractivity (Wildman–Crippen MR) is 123 cm³/mol. The maximum atomic E-state index is 13.6. The SMILES string of the molecule is Fc1ccc(Nc2nc(-c3cccnc3)nc3cc(-c4ccccc4)ccc23)cc1Cl. The Labute approximate surface area is 183 Å². The van der Waals surface area contributed by atoms with Crippen molar-refractivity contribution >= 4 is 34.0 Å². The lowest BCUT2D eigenvalue weighted by Gasteiger charge is -2.12. The van der Waals surface area contributed by atoms with Gasteiger partial charge in [-0.05, 0) is 53.6 Å². The summed E-state index contributed by atoms with van der Waals surface area (Å²) in [5.74, 6) is 0.677. The van der Waals surface area contributed by atoms with Gasteiger partial charge in [-0.2, -0.15) is 0 Å². The number of halogens is 2. The first-order valence-corrected chi connectivity index (χ1v) is 10.0. The highest BCUT2D eigenvalue weighted by molar-refractivity contribution is 6.31. The first kappa shape index (κ1) is 19.2. The van der Waals surface area contributed by atoms with E-state index in [1.165, 1.54) is 12.1 Å². The molecular weight excluding hydrogens is 411 g/mol. The Morgan fingerprint density at radius 3 is 2.39 bits per heavy atom. The molecule has 0 aliphatic rings. The summed E-state index contributed by atoms with van der Waals surface area (Å²) in [5.41, 5.74) is 4.38. The summed E-state index contributed by atoms with van der Waals surface area (Å²) >= 11 is 5.96. The van der Waals surface area contributed by atoms with Crippen LogP contribution in [0.15, 0.2) is 91.3 Å². The van der Waals surface area contributed by atoms with E-state index in [1.54, 1.807) is 18.5 Å². The molecule has 31 heavy (non-hydrogen) atoms. The van der Waals surface area contributed by atoms with Crippen LogP contribution in [-0.2, 0) is 0 Å². The lowest BCUT2D eigenvalue weighted by atomic mass is 10.0. The molecule has 2 aromatic heterocycles. The Balaban J connectivity index is 1.67. The molecule has 0 radical (unpaired) electrons. The minimum absolute atomic E-state index is 0.0437. The van der Waals surface area contributed by atoms with Gasteiger partial charge in [-0.3, -0.25) is 4.98 Å². The van der Waals surface area contributed by atoms with E-state index in [4.69, 9.17) is 21.6 Å². The highest BCUT2D eigenvalue weighted by atomic mass is 35.5. The van der Waals surface area contributed by atoms with Gasteiger partial charge in [0.1, 0.15) is 11.6 Å². The number of hydrogen-bond donors (Lipinski definition) is 1. The van der Waals surface area contributed by atoms with Crippen LogP contribution < -0.4 is 5.32 Å². The van der Waals surface area contributed by atoms with Crippen molar-refractivity contribution < 1.29 is 4.39 Å². The van der Waals surface area contributed by atoms with Crippen LogP contribution in [0.3, 0.4) is 0 Å². The molecule has 3 aromatic carbocycles. The van der Waals surface area contributed by atoms with Crippen LogP contribution >= 0.6 is 11.6 Å². The first-order valence-electron chi connectivity index (χ1n) is 9.67. The zero-order chi connectivity index (χ0) is 21.2. The van der Waals surface area contributed by atoms with Crippen LogP contribution in [0.4, 0.5) is 15.9 Å². The van der Waals surface area contributed by atoms with Gasteiger partial charge in [-0.15, -0.1) is 0 Å². The highest BCUT2D eigenvalue weighted by Gasteiger charge is 2.12. The van der Waals surface area contributed by atoms with Crippen LogP contribution in [0.5, 0.6) is 0 Å². The van der Waals surface area contributed by atoms with E-state index in [2.05, 4.69) is 22.4 Å². The monoisotopic (exact) mass is 426 g/mol. The molecule has 0 aliphatic heterocycles. The van der Waals surface area contributed by atoms with Gasteiger partial charge in [0.15, 0.2) is 5.82 Å². The molecule has 5 rings (SSSR count). The van der Waals surface area contributed by atoms with Gasteiger partial charge in [0.2, 0.25) is 0 Å². The molecular formula is C25H16ClFN4. The summed E-state index contributed by atoms with van der Waals surface area (Å²) in [5, 5.41) is 4.15. The van der Waals surface area contributed by atoms with Crippen molar-refractivity contribution in [1.82, 2.24) is 15.0 Å². The number of fused-ring (bicyclic) bond motifs is 1. The summed E-state index contributed by atoms with van der Waals surface area (Å²) < 4.78 is 13.6. The maximum Gasteiger partial charge on any atom is 0.163 e. The average molecular weight is 427 g/mol. The number of nitrogens with one attached hydrogen (secondary N) is 1. The number of rotatable bonds is 4. The van der Waals surface area contributed by atoms with Crippen LogP contribution in [0.25, 0.3) is 33.4 Å². The van der Waals surface area contributed by atoms with Gasteiger partial charge < -0.3 is 5.32 Å². The molecule has 0 saturated heterocycles. The normalized spacial score (nSPS) is 10.9. The number of nitrogens with zero attached hydrogens (tertiary/aromatic N) is 3. The fourth-order valence-electron chi connectivity index (χ4n) is 3.37. The van der Waals surface area contributed by atoms with Gasteiger partial charge in [-0.1, -0.05) is 48.0 Å². The van der Waals surface area contributed by atoms with Gasteiger partial charge in [0, 0.05) is 29.0 Å². The van der Waals surface area contributed by atoms with E-state index in [1.807, 2.05) is 48.5 Å². The first-order chi connectivity index (χ1) is 15.2. The second-order valence-corrected chi connectivity index (χ2v) is 7.40. The molecule has 6 heteroatoms. The molecule has 0 atom stereocenters. The second-order valence-electron chi connectivity index (χ2n) is 6.99. The molecule has 0 amide bonds.